The van der Waals surface area contributed by atoms with Crippen LogP contribution in [-0.2, 0) is 0 Å². The van der Waals surface area contributed by atoms with Crippen molar-refractivity contribution in [1.29, 1.82) is 0 Å². The Bertz CT molecular complexity index is 1640. The lowest BCUT2D eigenvalue weighted by molar-refractivity contribution is 0.0803. The van der Waals surface area contributed by atoms with Crippen LogP contribution in [0.5, 0.6) is 0 Å². The maximum absolute atomic E-state index is 14.6. The Morgan fingerprint density at radius 1 is 0.581 bits per heavy atom. The molecule has 2 atom stereocenters. The monoisotopic (exact) mass is 573 g/mol. The summed E-state index contributed by atoms with van der Waals surface area (Å²) in [5, 5.41) is 2.52. The number of hydrogen-bond donors (Lipinski definition) is 0. The van der Waals surface area contributed by atoms with Gasteiger partial charge in [0.1, 0.15) is 11.9 Å². The molecule has 0 spiro atoms. The van der Waals surface area contributed by atoms with Crippen LogP contribution in [0.15, 0.2) is 157 Å². The van der Waals surface area contributed by atoms with Crippen LogP contribution >= 0.6 is 7.92 Å². The van der Waals surface area contributed by atoms with Gasteiger partial charge >= 0.3 is 0 Å². The first-order chi connectivity index (χ1) is 21.3. The van der Waals surface area contributed by atoms with E-state index in [4.69, 9.17) is 4.99 Å². The third-order valence-corrected chi connectivity index (χ3v) is 10.4. The van der Waals surface area contributed by atoms with Crippen molar-refractivity contribution in [2.24, 2.45) is 4.99 Å². The van der Waals surface area contributed by atoms with Crippen molar-refractivity contribution in [3.8, 4) is 0 Å². The summed E-state index contributed by atoms with van der Waals surface area (Å²) in [6.07, 6.45) is 6.45. The molecule has 2 aliphatic rings. The lowest BCUT2D eigenvalue weighted by Crippen LogP contribution is -2.41. The Hall–Kier alpha value is -4.33. The minimum Gasteiger partial charge on any atom is -0.286 e. The van der Waals surface area contributed by atoms with E-state index in [1.165, 1.54) is 16.3 Å². The van der Waals surface area contributed by atoms with Crippen LogP contribution in [0.2, 0.25) is 0 Å². The van der Waals surface area contributed by atoms with Gasteiger partial charge in [0.15, 0.2) is 0 Å². The van der Waals surface area contributed by atoms with Crippen molar-refractivity contribution in [2.75, 3.05) is 0 Å². The zero-order chi connectivity index (χ0) is 29.0. The highest BCUT2D eigenvalue weighted by molar-refractivity contribution is 7.76. The fourth-order valence-electron chi connectivity index (χ4n) is 5.94. The molecule has 207 valence electrons. The van der Waals surface area contributed by atoms with Gasteiger partial charge in [0, 0.05) is 11.2 Å². The van der Waals surface area contributed by atoms with E-state index in [2.05, 4.69) is 104 Å². The topological polar surface area (TPSA) is 32.7 Å². The SMILES string of the molecule is O=C(c1ccccc1)N1C([C]2[CH][CH][CH][C]2P(c2ccccc2)c2ccccc2)=N[C@H](c2ccccc2)[C@H]1c1ccccc1. The number of amidine groups is 1. The molecule has 3 nitrogen and oxygen atoms in total. The zero-order valence-electron chi connectivity index (χ0n) is 23.6. The summed E-state index contributed by atoms with van der Waals surface area (Å²) in [6.45, 7) is 0. The zero-order valence-corrected chi connectivity index (χ0v) is 24.5. The number of amides is 1. The molecule has 0 N–H and O–H groups in total. The second-order valence-electron chi connectivity index (χ2n) is 10.5. The van der Waals surface area contributed by atoms with Crippen molar-refractivity contribution < 1.29 is 4.79 Å². The summed E-state index contributed by atoms with van der Waals surface area (Å²) in [4.78, 5) is 22.0. The molecule has 1 saturated carbocycles. The maximum Gasteiger partial charge on any atom is 0.259 e. The van der Waals surface area contributed by atoms with Crippen molar-refractivity contribution in [3.05, 3.63) is 199 Å². The first-order valence-electron chi connectivity index (χ1n) is 14.5. The van der Waals surface area contributed by atoms with Crippen LogP contribution in [0.25, 0.3) is 0 Å². The standard InChI is InChI=1S/C39H30N2OP/c42-39(31-21-10-3-11-22-31)41-37(30-19-8-2-9-20-30)36(29-17-6-1-7-18-29)40-38(41)34-27-16-28-35(34)43(32-23-12-4-13-24-32)33-25-14-5-15-26-33/h1-28,36-37H/t36-,37-/m1/s1. The normalized spacial score (nSPS) is 19.1. The fraction of sp³-hybridized carbons (Fsp3) is 0.0513. The van der Waals surface area contributed by atoms with Gasteiger partial charge in [-0.25, -0.2) is 0 Å². The summed E-state index contributed by atoms with van der Waals surface area (Å²) in [7, 11) is -0.894. The Morgan fingerprint density at radius 2 is 1.07 bits per heavy atom. The van der Waals surface area contributed by atoms with Gasteiger partial charge in [-0.2, -0.15) is 0 Å². The van der Waals surface area contributed by atoms with E-state index in [0.717, 1.165) is 22.9 Å². The average molecular weight is 574 g/mol. The lowest BCUT2D eigenvalue weighted by atomic mass is 9.93. The Labute approximate surface area is 255 Å². The first-order valence-corrected chi connectivity index (χ1v) is 15.9. The number of rotatable bonds is 7. The van der Waals surface area contributed by atoms with Crippen molar-refractivity contribution >= 4 is 30.3 Å². The molecule has 7 rings (SSSR count). The average Bonchev–Trinajstić information content (AvgIpc) is 3.72. The van der Waals surface area contributed by atoms with Gasteiger partial charge in [-0.3, -0.25) is 14.7 Å². The van der Waals surface area contributed by atoms with Crippen molar-refractivity contribution in [3.63, 3.8) is 0 Å². The molecule has 4 heteroatoms. The van der Waals surface area contributed by atoms with Crippen LogP contribution in [0.3, 0.4) is 0 Å². The van der Waals surface area contributed by atoms with E-state index in [1.54, 1.807) is 0 Å². The fourth-order valence-corrected chi connectivity index (χ4v) is 8.39. The van der Waals surface area contributed by atoms with Gasteiger partial charge in [-0.15, -0.1) is 0 Å². The quantitative estimate of drug-likeness (QED) is 0.182. The molecule has 1 amide bonds. The van der Waals surface area contributed by atoms with Crippen LogP contribution < -0.4 is 10.6 Å². The van der Waals surface area contributed by atoms with E-state index >= 15 is 0 Å². The van der Waals surface area contributed by atoms with Crippen molar-refractivity contribution in [1.82, 2.24) is 4.90 Å². The molecular formula is C39H30N2OP. The van der Waals surface area contributed by atoms with Gasteiger partial charge in [-0.1, -0.05) is 140 Å². The Kier molecular flexibility index (Phi) is 7.99. The summed E-state index contributed by atoms with van der Waals surface area (Å²) in [5.41, 5.74) is 3.98. The molecule has 0 unspecified atom stereocenters. The van der Waals surface area contributed by atoms with Gasteiger partial charge in [-0.05, 0) is 61.1 Å². The second kappa shape index (κ2) is 12.5. The number of benzene rings is 5. The summed E-state index contributed by atoms with van der Waals surface area (Å²) >= 11 is 0. The molecule has 5 radical (unpaired) electrons. The predicted molar refractivity (Wildman–Crippen MR) is 177 cm³/mol. The number of nitrogens with zero attached hydrogens (tertiary/aromatic N) is 2. The smallest absolute Gasteiger partial charge is 0.259 e. The highest BCUT2D eigenvalue weighted by Gasteiger charge is 2.49. The molecule has 1 aliphatic carbocycles. The van der Waals surface area contributed by atoms with Crippen molar-refractivity contribution in [2.45, 2.75) is 12.1 Å². The van der Waals surface area contributed by atoms with Gasteiger partial charge in [0.05, 0.1) is 12.0 Å². The highest BCUT2D eigenvalue weighted by atomic mass is 31.1. The Balaban J connectivity index is 1.38. The predicted octanol–water partition coefficient (Wildman–Crippen LogP) is 7.89. The van der Waals surface area contributed by atoms with E-state index in [9.17, 15) is 4.79 Å². The molecule has 1 aliphatic heterocycles. The first kappa shape index (κ1) is 27.5. The number of carbonyl (C=O) groups excluding carboxylic acids is 1. The minimum absolute atomic E-state index is 0.0532. The van der Waals surface area contributed by atoms with Crippen LogP contribution in [-0.4, -0.2) is 16.6 Å². The van der Waals surface area contributed by atoms with Crippen LogP contribution in [0, 0.1) is 30.8 Å². The van der Waals surface area contributed by atoms with Crippen LogP contribution in [0.4, 0.5) is 0 Å². The summed E-state index contributed by atoms with van der Waals surface area (Å²) < 4.78 is 0. The van der Waals surface area contributed by atoms with Crippen LogP contribution in [0.1, 0.15) is 33.6 Å². The number of carbonyl (C=O) groups is 1. The molecular weight excluding hydrogens is 543 g/mol. The maximum atomic E-state index is 14.6. The second-order valence-corrected chi connectivity index (χ2v) is 12.7. The molecule has 5 aromatic rings. The largest absolute Gasteiger partial charge is 0.286 e. The molecule has 43 heavy (non-hydrogen) atoms. The molecule has 1 heterocycles. The Morgan fingerprint density at radius 3 is 1.63 bits per heavy atom. The third kappa shape index (κ3) is 5.46. The number of hydrogen-bond acceptors (Lipinski definition) is 2. The van der Waals surface area contributed by atoms with E-state index < -0.39 is 7.92 Å². The molecule has 0 saturated heterocycles. The third-order valence-electron chi connectivity index (χ3n) is 7.89. The van der Waals surface area contributed by atoms with Gasteiger partial charge in [0.25, 0.3) is 5.91 Å². The summed E-state index contributed by atoms with van der Waals surface area (Å²) in [5.74, 6) is 1.67. The summed E-state index contributed by atoms with van der Waals surface area (Å²) in [6, 6.07) is 51.0. The molecule has 5 aromatic carbocycles. The highest BCUT2D eigenvalue weighted by Crippen LogP contribution is 2.58. The van der Waals surface area contributed by atoms with Gasteiger partial charge in [0.2, 0.25) is 0 Å². The van der Waals surface area contributed by atoms with E-state index in [1.807, 2.05) is 71.6 Å². The molecule has 1 fully saturated rings. The lowest BCUT2D eigenvalue weighted by Gasteiger charge is -2.34. The van der Waals surface area contributed by atoms with E-state index in [0.29, 0.717) is 5.56 Å². The van der Waals surface area contributed by atoms with E-state index in [-0.39, 0.29) is 18.0 Å². The number of aliphatic imine (C=N–C) groups is 1. The molecule has 0 bridgehead atoms. The molecule has 0 aromatic heterocycles. The van der Waals surface area contributed by atoms with Gasteiger partial charge < -0.3 is 0 Å². The minimum atomic E-state index is -0.894.